The average molecular weight is 440 g/mol. The van der Waals surface area contributed by atoms with Gasteiger partial charge in [-0.25, -0.2) is 0 Å². The molecule has 10 heteroatoms. The van der Waals surface area contributed by atoms with Crippen LogP contribution in [0.1, 0.15) is 5.89 Å². The first kappa shape index (κ1) is 18.3. The van der Waals surface area contributed by atoms with E-state index in [2.05, 4.69) is 20.4 Å². The Balaban J connectivity index is 1.44. The number of nitrogens with zero attached hydrogens (tertiary/aromatic N) is 4. The number of thioether (sulfide) groups is 1. The highest BCUT2D eigenvalue weighted by atomic mass is 35.5. The Morgan fingerprint density at radius 1 is 0.778 bits per heavy atom. The lowest BCUT2D eigenvalue weighted by molar-refractivity contribution is 0.464. The monoisotopic (exact) mass is 438 g/mol. The van der Waals surface area contributed by atoms with Gasteiger partial charge in [0.15, 0.2) is 0 Å². The Hall–Kier alpha value is -2.06. The molecule has 0 aliphatic rings. The van der Waals surface area contributed by atoms with E-state index in [1.54, 1.807) is 30.3 Å². The molecule has 4 rings (SSSR count). The molecule has 0 spiro atoms. The van der Waals surface area contributed by atoms with Crippen molar-refractivity contribution < 1.29 is 8.83 Å². The first-order valence-electron chi connectivity index (χ1n) is 7.58. The third kappa shape index (κ3) is 4.27. The Morgan fingerprint density at radius 2 is 1.52 bits per heavy atom. The van der Waals surface area contributed by atoms with Crippen molar-refractivity contribution >= 4 is 46.6 Å². The van der Waals surface area contributed by atoms with Crippen LogP contribution < -0.4 is 0 Å². The van der Waals surface area contributed by atoms with Crippen LogP contribution in [0.5, 0.6) is 0 Å². The van der Waals surface area contributed by atoms with E-state index in [0.29, 0.717) is 49.3 Å². The normalized spacial score (nSPS) is 11.1. The van der Waals surface area contributed by atoms with Crippen molar-refractivity contribution in [1.29, 1.82) is 0 Å². The highest BCUT2D eigenvalue weighted by Gasteiger charge is 2.14. The molecule has 0 saturated carbocycles. The molecule has 2 aromatic carbocycles. The summed E-state index contributed by atoms with van der Waals surface area (Å²) in [4.78, 5) is 0. The lowest BCUT2D eigenvalue weighted by Crippen LogP contribution is -1.80. The molecule has 0 amide bonds. The Labute approximate surface area is 172 Å². The van der Waals surface area contributed by atoms with Gasteiger partial charge in [-0.2, -0.15) is 0 Å². The summed E-state index contributed by atoms with van der Waals surface area (Å²) in [5.41, 5.74) is 1.41. The van der Waals surface area contributed by atoms with Gasteiger partial charge in [0.1, 0.15) is 0 Å². The molecular weight excluding hydrogens is 431 g/mol. The number of hydrogen-bond acceptors (Lipinski definition) is 7. The zero-order valence-corrected chi connectivity index (χ0v) is 16.5. The molecule has 0 unspecified atom stereocenters. The average Bonchev–Trinajstić information content (AvgIpc) is 3.30. The largest absolute Gasteiger partial charge is 0.420 e. The van der Waals surface area contributed by atoms with Crippen LogP contribution in [0.15, 0.2) is 56.5 Å². The lowest BCUT2D eigenvalue weighted by Gasteiger charge is -1.98. The van der Waals surface area contributed by atoms with Gasteiger partial charge in [0.2, 0.25) is 17.7 Å². The number of rotatable bonds is 5. The first-order valence-corrected chi connectivity index (χ1v) is 9.70. The van der Waals surface area contributed by atoms with Crippen molar-refractivity contribution in [2.24, 2.45) is 0 Å². The maximum atomic E-state index is 6.16. The van der Waals surface area contributed by atoms with E-state index in [-0.39, 0.29) is 0 Å². The first-order chi connectivity index (χ1) is 13.1. The molecule has 0 fully saturated rings. The van der Waals surface area contributed by atoms with Crippen LogP contribution in [0.25, 0.3) is 22.9 Å². The van der Waals surface area contributed by atoms with Gasteiger partial charge in [0.05, 0.1) is 16.3 Å². The van der Waals surface area contributed by atoms with Gasteiger partial charge in [-0.1, -0.05) is 46.6 Å². The van der Waals surface area contributed by atoms with Crippen molar-refractivity contribution in [3.05, 3.63) is 63.4 Å². The van der Waals surface area contributed by atoms with Crippen LogP contribution >= 0.6 is 46.6 Å². The zero-order chi connectivity index (χ0) is 18.8. The second-order valence-electron chi connectivity index (χ2n) is 5.29. The molecular formula is C17H9Cl3N4O2S. The molecule has 27 heavy (non-hydrogen) atoms. The molecule has 0 aliphatic carbocycles. The number of halogens is 3. The van der Waals surface area contributed by atoms with Crippen LogP contribution in [0.4, 0.5) is 0 Å². The molecule has 0 atom stereocenters. The smallest absolute Gasteiger partial charge is 0.277 e. The lowest BCUT2D eigenvalue weighted by atomic mass is 10.2. The Morgan fingerprint density at radius 3 is 2.30 bits per heavy atom. The van der Waals surface area contributed by atoms with E-state index < -0.39 is 0 Å². The van der Waals surface area contributed by atoms with Crippen molar-refractivity contribution in [2.45, 2.75) is 11.0 Å². The fourth-order valence-electron chi connectivity index (χ4n) is 2.18. The minimum absolute atomic E-state index is 0.319. The van der Waals surface area contributed by atoms with E-state index in [1.807, 2.05) is 12.1 Å². The predicted octanol–water partition coefficient (Wildman–Crippen LogP) is 6.04. The van der Waals surface area contributed by atoms with Crippen molar-refractivity contribution in [2.75, 3.05) is 0 Å². The molecule has 0 bridgehead atoms. The second kappa shape index (κ2) is 7.90. The summed E-state index contributed by atoms with van der Waals surface area (Å²) in [6, 6.07) is 12.2. The maximum absolute atomic E-state index is 6.16. The topological polar surface area (TPSA) is 77.8 Å². The maximum Gasteiger partial charge on any atom is 0.277 e. The van der Waals surface area contributed by atoms with Crippen LogP contribution in [0.3, 0.4) is 0 Å². The number of benzene rings is 2. The fraction of sp³-hybridized carbons (Fsp3) is 0.0588. The van der Waals surface area contributed by atoms with E-state index in [9.17, 15) is 0 Å². The molecule has 0 aliphatic heterocycles. The minimum Gasteiger partial charge on any atom is -0.420 e. The van der Waals surface area contributed by atoms with Gasteiger partial charge in [-0.05, 0) is 42.5 Å². The summed E-state index contributed by atoms with van der Waals surface area (Å²) in [6.07, 6.45) is 0. The Bertz CT molecular complexity index is 1080. The summed E-state index contributed by atoms with van der Waals surface area (Å²) in [5.74, 6) is 1.51. The summed E-state index contributed by atoms with van der Waals surface area (Å²) < 4.78 is 11.3. The van der Waals surface area contributed by atoms with Crippen molar-refractivity contribution in [3.8, 4) is 22.9 Å². The second-order valence-corrected chi connectivity index (χ2v) is 7.50. The SMILES string of the molecule is Clc1ccc(-c2nnc(SCc3nnc(-c4ccc(Cl)cc4Cl)o3)o2)cc1. The van der Waals surface area contributed by atoms with Gasteiger partial charge in [-0.15, -0.1) is 20.4 Å². The van der Waals surface area contributed by atoms with Crippen molar-refractivity contribution in [1.82, 2.24) is 20.4 Å². The molecule has 2 aromatic heterocycles. The van der Waals surface area contributed by atoms with Crippen LogP contribution in [-0.2, 0) is 5.75 Å². The molecule has 4 aromatic rings. The van der Waals surface area contributed by atoms with E-state index in [4.69, 9.17) is 43.6 Å². The van der Waals surface area contributed by atoms with Gasteiger partial charge in [0, 0.05) is 15.6 Å². The quantitative estimate of drug-likeness (QED) is 0.351. The van der Waals surface area contributed by atoms with Gasteiger partial charge >= 0.3 is 0 Å². The van der Waals surface area contributed by atoms with Crippen LogP contribution in [0, 0.1) is 0 Å². The minimum atomic E-state index is 0.319. The molecule has 136 valence electrons. The standard InChI is InChI=1S/C17H9Cl3N4O2S/c18-10-3-1-9(2-4-10)15-22-24-17(26-15)27-8-14-21-23-16(25-14)12-6-5-11(19)7-13(12)20/h1-7H,8H2. The van der Waals surface area contributed by atoms with E-state index >= 15 is 0 Å². The third-order valence-electron chi connectivity index (χ3n) is 3.45. The highest BCUT2D eigenvalue weighted by molar-refractivity contribution is 7.98. The summed E-state index contributed by atoms with van der Waals surface area (Å²) >= 11 is 19.2. The Kier molecular flexibility index (Phi) is 5.36. The number of hydrogen-bond donors (Lipinski definition) is 0. The van der Waals surface area contributed by atoms with Gasteiger partial charge in [-0.3, -0.25) is 0 Å². The molecule has 0 radical (unpaired) electrons. The predicted molar refractivity (Wildman–Crippen MR) is 104 cm³/mol. The van der Waals surface area contributed by atoms with Crippen LogP contribution in [0.2, 0.25) is 15.1 Å². The zero-order valence-electron chi connectivity index (χ0n) is 13.4. The third-order valence-corrected chi connectivity index (χ3v) is 5.05. The molecule has 0 N–H and O–H groups in total. The van der Waals surface area contributed by atoms with Gasteiger partial charge in [0.25, 0.3) is 5.22 Å². The molecule has 0 saturated heterocycles. The highest BCUT2D eigenvalue weighted by Crippen LogP contribution is 2.31. The molecule has 6 nitrogen and oxygen atoms in total. The molecule has 2 heterocycles. The summed E-state index contributed by atoms with van der Waals surface area (Å²) in [6.45, 7) is 0. The van der Waals surface area contributed by atoms with E-state index in [1.165, 1.54) is 11.8 Å². The van der Waals surface area contributed by atoms with Crippen molar-refractivity contribution in [3.63, 3.8) is 0 Å². The van der Waals surface area contributed by atoms with Crippen LogP contribution in [-0.4, -0.2) is 20.4 Å². The van der Waals surface area contributed by atoms with E-state index in [0.717, 1.165) is 5.56 Å². The summed E-state index contributed by atoms with van der Waals surface area (Å²) in [5, 5.41) is 18.1. The number of aromatic nitrogens is 4. The summed E-state index contributed by atoms with van der Waals surface area (Å²) in [7, 11) is 0. The fourth-order valence-corrected chi connectivity index (χ4v) is 3.40. The van der Waals surface area contributed by atoms with Gasteiger partial charge < -0.3 is 8.83 Å².